The largest absolute Gasteiger partial charge is 0.387 e. The van der Waals surface area contributed by atoms with Gasteiger partial charge in [-0.05, 0) is 37.6 Å². The lowest BCUT2D eigenvalue weighted by Gasteiger charge is -2.37. The highest BCUT2D eigenvalue weighted by atomic mass is 19.1. The number of carbonyl (C=O) groups excluding carboxylic acids is 1. The number of fused-ring (bicyclic) bond motifs is 1. The Hall–Kier alpha value is -2.21. The van der Waals surface area contributed by atoms with Crippen LogP contribution in [-0.4, -0.2) is 53.7 Å². The summed E-state index contributed by atoms with van der Waals surface area (Å²) in [5.74, 6) is -0.527. The number of rotatable bonds is 2. The highest BCUT2D eigenvalue weighted by molar-refractivity contribution is 5.94. The van der Waals surface area contributed by atoms with E-state index in [2.05, 4.69) is 9.88 Å². The second-order valence-electron chi connectivity index (χ2n) is 5.86. The van der Waals surface area contributed by atoms with E-state index in [-0.39, 0.29) is 11.7 Å². The van der Waals surface area contributed by atoms with Gasteiger partial charge in [0.25, 0.3) is 0 Å². The number of hydrogen-bond acceptors (Lipinski definition) is 4. The number of anilines is 1. The standard InChI is InChI=1S/C17H20FN3O2/c1-11-12(2)19-15-4-3-13(18)9-14(15)17(11)21-7-5-20(6-8-21)16(23)10-22/h3-4,9,22H,5-8,10H2,1-2H3. The molecule has 6 heteroatoms. The Kier molecular flexibility index (Phi) is 4.17. The van der Waals surface area contributed by atoms with Gasteiger partial charge in [0.15, 0.2) is 0 Å². The molecule has 0 aliphatic carbocycles. The van der Waals surface area contributed by atoms with Crippen LogP contribution in [0, 0.1) is 19.7 Å². The second kappa shape index (κ2) is 6.12. The number of piperazine rings is 1. The van der Waals surface area contributed by atoms with E-state index in [1.54, 1.807) is 11.0 Å². The van der Waals surface area contributed by atoms with Gasteiger partial charge in [-0.2, -0.15) is 0 Å². The fourth-order valence-electron chi connectivity index (χ4n) is 3.12. The van der Waals surface area contributed by atoms with E-state index in [1.807, 2.05) is 13.8 Å². The maximum atomic E-state index is 13.7. The molecule has 122 valence electrons. The molecule has 0 saturated carbocycles. The summed E-state index contributed by atoms with van der Waals surface area (Å²) in [7, 11) is 0. The van der Waals surface area contributed by atoms with Crippen molar-refractivity contribution in [1.29, 1.82) is 0 Å². The molecule has 5 nitrogen and oxygen atoms in total. The van der Waals surface area contributed by atoms with Gasteiger partial charge in [0.1, 0.15) is 12.4 Å². The molecule has 1 aromatic heterocycles. The minimum absolute atomic E-state index is 0.247. The van der Waals surface area contributed by atoms with Gasteiger partial charge < -0.3 is 14.9 Å². The molecule has 2 aromatic rings. The molecule has 1 aliphatic heterocycles. The molecule has 0 unspecified atom stereocenters. The number of aryl methyl sites for hydroxylation is 1. The Morgan fingerprint density at radius 2 is 1.96 bits per heavy atom. The molecule has 0 spiro atoms. The molecule has 0 atom stereocenters. The monoisotopic (exact) mass is 317 g/mol. The number of pyridine rings is 1. The van der Waals surface area contributed by atoms with Crippen molar-refractivity contribution in [2.75, 3.05) is 37.7 Å². The Labute approximate surface area is 134 Å². The van der Waals surface area contributed by atoms with E-state index in [0.29, 0.717) is 26.2 Å². The predicted molar refractivity (Wildman–Crippen MR) is 87.1 cm³/mol. The molecule has 1 aliphatic rings. The van der Waals surface area contributed by atoms with Gasteiger partial charge in [-0.25, -0.2) is 4.39 Å². The average Bonchev–Trinajstić information content (AvgIpc) is 2.56. The van der Waals surface area contributed by atoms with Gasteiger partial charge in [0.2, 0.25) is 5.91 Å². The Morgan fingerprint density at radius 3 is 2.61 bits per heavy atom. The van der Waals surface area contributed by atoms with Crippen LogP contribution in [0.1, 0.15) is 11.3 Å². The normalized spacial score (nSPS) is 15.3. The van der Waals surface area contributed by atoms with Gasteiger partial charge in [0, 0.05) is 37.3 Å². The van der Waals surface area contributed by atoms with Crippen molar-refractivity contribution in [3.63, 3.8) is 0 Å². The number of aromatic nitrogens is 1. The van der Waals surface area contributed by atoms with Crippen LogP contribution in [0.15, 0.2) is 18.2 Å². The first-order valence-electron chi connectivity index (χ1n) is 7.71. The molecule has 1 aromatic carbocycles. The summed E-state index contributed by atoms with van der Waals surface area (Å²) in [5.41, 5.74) is 3.72. The number of benzene rings is 1. The molecule has 3 rings (SSSR count). The smallest absolute Gasteiger partial charge is 0.248 e. The third-order valence-electron chi connectivity index (χ3n) is 4.48. The zero-order valence-electron chi connectivity index (χ0n) is 13.3. The minimum Gasteiger partial charge on any atom is -0.387 e. The second-order valence-corrected chi connectivity index (χ2v) is 5.86. The van der Waals surface area contributed by atoms with Crippen LogP contribution in [-0.2, 0) is 4.79 Å². The number of nitrogens with zero attached hydrogens (tertiary/aromatic N) is 3. The minimum atomic E-state index is -0.457. The van der Waals surface area contributed by atoms with Crippen molar-refractivity contribution in [2.24, 2.45) is 0 Å². The molecule has 0 radical (unpaired) electrons. The maximum absolute atomic E-state index is 13.7. The Balaban J connectivity index is 1.98. The Bertz CT molecular complexity index is 755. The summed E-state index contributed by atoms with van der Waals surface area (Å²) >= 11 is 0. The molecule has 2 heterocycles. The van der Waals surface area contributed by atoms with Crippen molar-refractivity contribution in [2.45, 2.75) is 13.8 Å². The summed E-state index contributed by atoms with van der Waals surface area (Å²) in [6.45, 7) is 5.90. The molecule has 1 saturated heterocycles. The van der Waals surface area contributed by atoms with Gasteiger partial charge in [0.05, 0.1) is 11.2 Å². The van der Waals surface area contributed by atoms with E-state index in [1.165, 1.54) is 12.1 Å². The highest BCUT2D eigenvalue weighted by Crippen LogP contribution is 2.32. The van der Waals surface area contributed by atoms with Crippen LogP contribution in [0.4, 0.5) is 10.1 Å². The van der Waals surface area contributed by atoms with Crippen LogP contribution in [0.5, 0.6) is 0 Å². The lowest BCUT2D eigenvalue weighted by atomic mass is 10.0. The first-order chi connectivity index (χ1) is 11.0. The number of amides is 1. The maximum Gasteiger partial charge on any atom is 0.248 e. The quantitative estimate of drug-likeness (QED) is 0.915. The van der Waals surface area contributed by atoms with Crippen molar-refractivity contribution >= 4 is 22.5 Å². The predicted octanol–water partition coefficient (Wildman–Crippen LogP) is 1.63. The van der Waals surface area contributed by atoms with Gasteiger partial charge in [-0.15, -0.1) is 0 Å². The van der Waals surface area contributed by atoms with Gasteiger partial charge in [-0.3, -0.25) is 9.78 Å². The average molecular weight is 317 g/mol. The third-order valence-corrected chi connectivity index (χ3v) is 4.48. The van der Waals surface area contributed by atoms with Crippen LogP contribution in [0.3, 0.4) is 0 Å². The van der Waals surface area contributed by atoms with E-state index >= 15 is 0 Å². The van der Waals surface area contributed by atoms with Crippen molar-refractivity contribution in [3.8, 4) is 0 Å². The lowest BCUT2D eigenvalue weighted by Crippen LogP contribution is -2.49. The Morgan fingerprint density at radius 1 is 1.26 bits per heavy atom. The van der Waals surface area contributed by atoms with Crippen molar-refractivity contribution in [3.05, 3.63) is 35.3 Å². The number of hydrogen-bond donors (Lipinski definition) is 1. The lowest BCUT2D eigenvalue weighted by molar-refractivity contribution is -0.134. The molecular formula is C17H20FN3O2. The number of aliphatic hydroxyl groups is 1. The van der Waals surface area contributed by atoms with Crippen molar-refractivity contribution in [1.82, 2.24) is 9.88 Å². The number of aliphatic hydroxyl groups excluding tert-OH is 1. The molecule has 0 bridgehead atoms. The van der Waals surface area contributed by atoms with Crippen LogP contribution < -0.4 is 4.90 Å². The molecular weight excluding hydrogens is 297 g/mol. The first kappa shape index (κ1) is 15.7. The molecule has 23 heavy (non-hydrogen) atoms. The number of halogens is 1. The van der Waals surface area contributed by atoms with Crippen molar-refractivity contribution < 1.29 is 14.3 Å². The topological polar surface area (TPSA) is 56.7 Å². The van der Waals surface area contributed by atoms with E-state index in [0.717, 1.165) is 27.8 Å². The van der Waals surface area contributed by atoms with Crippen LogP contribution in [0.25, 0.3) is 10.9 Å². The fourth-order valence-corrected chi connectivity index (χ4v) is 3.12. The SMILES string of the molecule is Cc1nc2ccc(F)cc2c(N2CCN(C(=O)CO)CC2)c1C. The molecule has 1 N–H and O–H groups in total. The highest BCUT2D eigenvalue weighted by Gasteiger charge is 2.23. The summed E-state index contributed by atoms with van der Waals surface area (Å²) in [6.07, 6.45) is 0. The summed E-state index contributed by atoms with van der Waals surface area (Å²) in [5, 5.41) is 9.77. The van der Waals surface area contributed by atoms with Gasteiger partial charge >= 0.3 is 0 Å². The zero-order chi connectivity index (χ0) is 16.6. The van der Waals surface area contributed by atoms with Crippen LogP contribution in [0.2, 0.25) is 0 Å². The molecule has 1 amide bonds. The summed E-state index contributed by atoms with van der Waals surface area (Å²) in [6, 6.07) is 4.65. The zero-order valence-corrected chi connectivity index (χ0v) is 13.3. The van der Waals surface area contributed by atoms with E-state index < -0.39 is 6.61 Å². The van der Waals surface area contributed by atoms with Crippen LogP contribution >= 0.6 is 0 Å². The third kappa shape index (κ3) is 2.86. The first-order valence-corrected chi connectivity index (χ1v) is 7.71. The molecule has 1 fully saturated rings. The summed E-state index contributed by atoms with van der Waals surface area (Å²) < 4.78 is 13.7. The van der Waals surface area contributed by atoms with E-state index in [4.69, 9.17) is 5.11 Å². The van der Waals surface area contributed by atoms with Gasteiger partial charge in [-0.1, -0.05) is 0 Å². The van der Waals surface area contributed by atoms with E-state index in [9.17, 15) is 9.18 Å². The number of carbonyl (C=O) groups is 1. The fraction of sp³-hybridized carbons (Fsp3) is 0.412. The summed E-state index contributed by atoms with van der Waals surface area (Å²) in [4.78, 5) is 20.0.